The Balaban J connectivity index is 1.92. The number of nitrogens with two attached hydrogens (primary N) is 1. The van der Waals surface area contributed by atoms with Crippen LogP contribution in [0.15, 0.2) is 53.7 Å². The molecule has 0 bridgehead atoms. The van der Waals surface area contributed by atoms with E-state index in [1.165, 1.54) is 21.6 Å². The number of aliphatic hydroxyl groups is 2. The lowest BCUT2D eigenvalue weighted by molar-refractivity contribution is -0.128. The second-order valence-corrected chi connectivity index (χ2v) is 11.5. The van der Waals surface area contributed by atoms with Crippen molar-refractivity contribution < 1.29 is 29.3 Å². The van der Waals surface area contributed by atoms with Crippen molar-refractivity contribution in [1.82, 2.24) is 20.9 Å². The fourth-order valence-electron chi connectivity index (χ4n) is 3.38. The summed E-state index contributed by atoms with van der Waals surface area (Å²) < 4.78 is 5.24. The summed E-state index contributed by atoms with van der Waals surface area (Å²) in [5.74, 6) is -0.744. The zero-order valence-corrected chi connectivity index (χ0v) is 24.2. The van der Waals surface area contributed by atoms with Crippen molar-refractivity contribution in [3.63, 3.8) is 0 Å². The number of pyridine rings is 1. The molecule has 0 spiro atoms. The number of carbonyl (C=O) groups excluding carboxylic acids is 3. The zero-order valence-electron chi connectivity index (χ0n) is 22.5. The van der Waals surface area contributed by atoms with E-state index in [0.717, 1.165) is 5.03 Å². The number of aliphatic hydroxyl groups excluding tert-OH is 2. The van der Waals surface area contributed by atoms with Crippen LogP contribution in [0.3, 0.4) is 0 Å². The molecule has 0 aliphatic heterocycles. The Bertz CT molecular complexity index is 1050. The van der Waals surface area contributed by atoms with Crippen LogP contribution in [0.4, 0.5) is 10.5 Å². The van der Waals surface area contributed by atoms with Crippen molar-refractivity contribution in [2.75, 3.05) is 24.2 Å². The minimum Gasteiger partial charge on any atom is -0.449 e. The van der Waals surface area contributed by atoms with Gasteiger partial charge in [0, 0.05) is 17.6 Å². The Morgan fingerprint density at radius 3 is 2.45 bits per heavy atom. The first-order chi connectivity index (χ1) is 19.2. The van der Waals surface area contributed by atoms with Crippen LogP contribution in [0.1, 0.15) is 32.3 Å². The smallest absolute Gasteiger partial charge is 0.407 e. The predicted octanol–water partition coefficient (Wildman–Crippen LogP) is 1.79. The van der Waals surface area contributed by atoms with Crippen LogP contribution in [-0.2, 0) is 20.9 Å². The fraction of sp³-hybridized carbons (Fsp3) is 0.462. The minimum absolute atomic E-state index is 0.123. The van der Waals surface area contributed by atoms with Crippen molar-refractivity contribution in [1.29, 1.82) is 0 Å². The van der Waals surface area contributed by atoms with Crippen LogP contribution in [0, 0.1) is 5.92 Å². The van der Waals surface area contributed by atoms with Gasteiger partial charge in [-0.1, -0.05) is 42.8 Å². The molecule has 1 aromatic carbocycles. The first kappa shape index (κ1) is 33.3. The van der Waals surface area contributed by atoms with Crippen LogP contribution >= 0.6 is 21.6 Å². The lowest BCUT2D eigenvalue weighted by Crippen LogP contribution is -2.54. The number of nitrogens with one attached hydrogen (secondary N) is 4. The second-order valence-electron chi connectivity index (χ2n) is 9.02. The molecule has 0 aliphatic rings. The molecule has 0 radical (unpaired) electrons. The highest BCUT2D eigenvalue weighted by atomic mass is 33.1. The largest absolute Gasteiger partial charge is 0.449 e. The van der Waals surface area contributed by atoms with E-state index in [1.807, 2.05) is 18.2 Å². The summed E-state index contributed by atoms with van der Waals surface area (Å²) in [5, 5.41) is 30.0. The lowest BCUT2D eigenvalue weighted by atomic mass is 10.0. The van der Waals surface area contributed by atoms with Gasteiger partial charge in [0.15, 0.2) is 6.35 Å². The average Bonchev–Trinajstić information content (AvgIpc) is 2.93. The number of nitrogens with zero attached hydrogens (tertiary/aromatic N) is 1. The number of hydrogen-bond donors (Lipinski definition) is 7. The van der Waals surface area contributed by atoms with Crippen molar-refractivity contribution in [3.05, 3.63) is 54.2 Å². The molecule has 8 N–H and O–H groups in total. The highest BCUT2D eigenvalue weighted by Crippen LogP contribution is 2.28. The third-order valence-corrected chi connectivity index (χ3v) is 7.69. The van der Waals surface area contributed by atoms with Crippen LogP contribution in [0.5, 0.6) is 0 Å². The molecule has 40 heavy (non-hydrogen) atoms. The van der Waals surface area contributed by atoms with Crippen molar-refractivity contribution in [2.45, 2.75) is 56.8 Å². The quantitative estimate of drug-likeness (QED) is 0.0804. The minimum atomic E-state index is -1.19. The second kappa shape index (κ2) is 18.5. The topological polar surface area (TPSA) is 188 Å². The van der Waals surface area contributed by atoms with E-state index in [4.69, 9.17) is 10.5 Å². The number of amides is 3. The number of benzene rings is 1. The van der Waals surface area contributed by atoms with E-state index >= 15 is 0 Å². The summed E-state index contributed by atoms with van der Waals surface area (Å²) in [6.45, 7) is 3.88. The Morgan fingerprint density at radius 2 is 1.82 bits per heavy atom. The number of ether oxygens (including phenoxy) is 1. The van der Waals surface area contributed by atoms with Gasteiger partial charge >= 0.3 is 6.09 Å². The van der Waals surface area contributed by atoms with Gasteiger partial charge in [0.05, 0.1) is 6.61 Å². The molecule has 0 saturated carbocycles. The molecule has 14 heteroatoms. The number of anilines is 1. The number of alkyl carbamates (subject to hydrolysis) is 1. The van der Waals surface area contributed by atoms with Gasteiger partial charge in [-0.3, -0.25) is 20.6 Å². The Hall–Kier alpha value is -2.88. The molecular weight excluding hydrogens is 556 g/mol. The van der Waals surface area contributed by atoms with E-state index in [9.17, 15) is 24.6 Å². The first-order valence-corrected chi connectivity index (χ1v) is 15.1. The van der Waals surface area contributed by atoms with Crippen molar-refractivity contribution in [3.8, 4) is 0 Å². The monoisotopic (exact) mass is 594 g/mol. The highest BCUT2D eigenvalue weighted by molar-refractivity contribution is 8.76. The summed E-state index contributed by atoms with van der Waals surface area (Å²) in [5.41, 5.74) is 6.48. The lowest BCUT2D eigenvalue weighted by Gasteiger charge is -2.25. The standard InChI is InChI=1S/C26H38N6O6S2/c1-17(2)22(32-26(37)38-14-15-39-40-21-7-3-4-12-28-21)24(35)31-20(6-5-13-29-25(27)36)23(34)30-19-10-8-18(16-33)9-11-19/h3-4,7-12,17,20,22,25,29,33,36H,5-6,13-16,27H2,1-2H3,(H,30,34)(H,31,35)(H,32,37)/t20-,22-,25?/m0/s1. The molecule has 2 aromatic rings. The van der Waals surface area contributed by atoms with Gasteiger partial charge in [-0.05, 0) is 65.9 Å². The summed E-state index contributed by atoms with van der Waals surface area (Å²) >= 11 is 0. The SMILES string of the molecule is CC(C)[C@H](NC(=O)OCCSSc1ccccn1)C(=O)N[C@@H](CCCNC(N)O)C(=O)Nc1ccc(CO)cc1. The van der Waals surface area contributed by atoms with Gasteiger partial charge in [-0.2, -0.15) is 0 Å². The van der Waals surface area contributed by atoms with Crippen LogP contribution in [0.25, 0.3) is 0 Å². The zero-order chi connectivity index (χ0) is 29.3. The molecule has 0 fully saturated rings. The molecule has 220 valence electrons. The molecule has 0 saturated heterocycles. The molecule has 1 heterocycles. The molecular formula is C26H38N6O6S2. The summed E-state index contributed by atoms with van der Waals surface area (Å²) in [6, 6.07) is 10.4. The molecule has 1 unspecified atom stereocenters. The maximum Gasteiger partial charge on any atom is 0.407 e. The van der Waals surface area contributed by atoms with E-state index in [2.05, 4.69) is 26.3 Å². The normalized spacial score (nSPS) is 13.2. The molecule has 3 amide bonds. The predicted molar refractivity (Wildman–Crippen MR) is 156 cm³/mol. The number of carbonyl (C=O) groups is 3. The molecule has 2 rings (SSSR count). The fourth-order valence-corrected chi connectivity index (χ4v) is 5.09. The van der Waals surface area contributed by atoms with Gasteiger partial charge in [0.1, 0.15) is 23.7 Å². The van der Waals surface area contributed by atoms with E-state index in [-0.39, 0.29) is 25.6 Å². The highest BCUT2D eigenvalue weighted by Gasteiger charge is 2.29. The Kier molecular flexibility index (Phi) is 15.4. The van der Waals surface area contributed by atoms with E-state index < -0.39 is 36.3 Å². The van der Waals surface area contributed by atoms with Crippen LogP contribution < -0.4 is 27.0 Å². The van der Waals surface area contributed by atoms with Crippen LogP contribution in [-0.4, -0.2) is 70.4 Å². The van der Waals surface area contributed by atoms with Gasteiger partial charge < -0.3 is 30.9 Å². The third-order valence-electron chi connectivity index (χ3n) is 5.46. The van der Waals surface area contributed by atoms with Crippen LogP contribution in [0.2, 0.25) is 0 Å². The summed E-state index contributed by atoms with van der Waals surface area (Å²) in [6.07, 6.45) is 0.441. The summed E-state index contributed by atoms with van der Waals surface area (Å²) in [4.78, 5) is 42.8. The van der Waals surface area contributed by atoms with Gasteiger partial charge in [-0.15, -0.1) is 0 Å². The molecule has 1 aromatic heterocycles. The maximum atomic E-state index is 13.2. The Labute approximate surface area is 242 Å². The summed E-state index contributed by atoms with van der Waals surface area (Å²) in [7, 11) is 2.96. The Morgan fingerprint density at radius 1 is 1.07 bits per heavy atom. The average molecular weight is 595 g/mol. The third kappa shape index (κ3) is 13.0. The van der Waals surface area contributed by atoms with E-state index in [0.29, 0.717) is 30.0 Å². The molecule has 12 nitrogen and oxygen atoms in total. The molecule has 0 aliphatic carbocycles. The maximum absolute atomic E-state index is 13.2. The van der Waals surface area contributed by atoms with Crippen molar-refractivity contribution in [2.24, 2.45) is 11.7 Å². The van der Waals surface area contributed by atoms with Gasteiger partial charge in [-0.25, -0.2) is 9.78 Å². The molecule has 3 atom stereocenters. The van der Waals surface area contributed by atoms with Gasteiger partial charge in [0.2, 0.25) is 11.8 Å². The first-order valence-electron chi connectivity index (χ1n) is 12.8. The number of hydrogen-bond acceptors (Lipinski definition) is 11. The van der Waals surface area contributed by atoms with E-state index in [1.54, 1.807) is 44.3 Å². The number of rotatable bonds is 17. The van der Waals surface area contributed by atoms with Gasteiger partial charge in [0.25, 0.3) is 0 Å². The number of aromatic nitrogens is 1. The van der Waals surface area contributed by atoms with Crippen molar-refractivity contribution >= 4 is 45.2 Å².